The largest absolute Gasteiger partial charge is 0.437 e. The summed E-state index contributed by atoms with van der Waals surface area (Å²) < 4.78 is 55.8. The number of nitrogens with zero attached hydrogens (tertiary/aromatic N) is 2. The van der Waals surface area contributed by atoms with Crippen LogP contribution in [0.3, 0.4) is 0 Å². The Bertz CT molecular complexity index is 1490. The topological polar surface area (TPSA) is 141 Å². The van der Waals surface area contributed by atoms with Crippen LogP contribution in [0.15, 0.2) is 34.7 Å². The van der Waals surface area contributed by atoms with E-state index in [2.05, 4.69) is 4.98 Å². The molecule has 1 aliphatic rings. The molecule has 1 amide bonds. The van der Waals surface area contributed by atoms with E-state index in [-0.39, 0.29) is 41.6 Å². The molecule has 0 spiro atoms. The van der Waals surface area contributed by atoms with Crippen LogP contribution in [0.4, 0.5) is 5.82 Å². The average molecular weight is 520 g/mol. The smallest absolute Gasteiger partial charge is 0.253 e. The lowest BCUT2D eigenvalue weighted by Gasteiger charge is -2.23. The summed E-state index contributed by atoms with van der Waals surface area (Å²) in [6.45, 7) is 1.90. The number of hydrogen-bond acceptors (Lipinski definition) is 7. The van der Waals surface area contributed by atoms with Gasteiger partial charge in [-0.25, -0.2) is 16.8 Å². The number of sulfonamides is 1. The van der Waals surface area contributed by atoms with Gasteiger partial charge in [0.15, 0.2) is 0 Å². The van der Waals surface area contributed by atoms with Crippen LogP contribution < -0.4 is 10.0 Å². The number of hydrogen-bond donors (Lipinski definition) is 1. The molecule has 35 heavy (non-hydrogen) atoms. The highest BCUT2D eigenvalue weighted by Crippen LogP contribution is 2.39. The number of amides is 1. The minimum absolute atomic E-state index is 0.0454. The number of carbonyl (C=O) groups excluding carboxylic acids is 1. The Morgan fingerprint density at radius 3 is 2.34 bits per heavy atom. The third-order valence-corrected chi connectivity index (χ3v) is 8.20. The minimum atomic E-state index is -3.78. The maximum atomic E-state index is 12.7. The normalized spacial score (nSPS) is 14.4. The molecule has 3 aromatic rings. The molecule has 1 aromatic carbocycles. The quantitative estimate of drug-likeness (QED) is 0.434. The molecule has 0 aliphatic heterocycles. The van der Waals surface area contributed by atoms with Gasteiger partial charge in [0.1, 0.15) is 21.4 Å². The molecule has 2 heterocycles. The number of aryl methyl sites for hydroxylation is 1. The molecule has 1 fully saturated rings. The Morgan fingerprint density at radius 2 is 1.80 bits per heavy atom. The van der Waals surface area contributed by atoms with E-state index in [0.29, 0.717) is 28.9 Å². The second-order valence-corrected chi connectivity index (χ2v) is 13.5. The van der Waals surface area contributed by atoms with Gasteiger partial charge in [0.05, 0.1) is 23.0 Å². The third-order valence-electron chi connectivity index (χ3n) is 6.02. The van der Waals surface area contributed by atoms with Gasteiger partial charge in [0.25, 0.3) is 5.91 Å². The van der Waals surface area contributed by atoms with Crippen molar-refractivity contribution in [2.75, 3.05) is 29.1 Å². The van der Waals surface area contributed by atoms with Gasteiger partial charge in [0, 0.05) is 18.4 Å². The van der Waals surface area contributed by atoms with Gasteiger partial charge in [-0.3, -0.25) is 9.10 Å². The van der Waals surface area contributed by atoms with Gasteiger partial charge in [0.2, 0.25) is 15.7 Å². The van der Waals surface area contributed by atoms with Crippen LogP contribution in [0, 0.1) is 12.8 Å². The van der Waals surface area contributed by atoms with E-state index >= 15 is 0 Å². The second kappa shape index (κ2) is 9.27. The summed E-state index contributed by atoms with van der Waals surface area (Å²) in [5.74, 6) is 0.0482. The first-order valence-electron chi connectivity index (χ1n) is 11.3. The first kappa shape index (κ1) is 25.2. The van der Waals surface area contributed by atoms with Gasteiger partial charge in [-0.15, -0.1) is 0 Å². The molecule has 0 bridgehead atoms. The van der Waals surface area contributed by atoms with Crippen molar-refractivity contribution >= 4 is 42.7 Å². The summed E-state index contributed by atoms with van der Waals surface area (Å²) in [5, 5.41) is 0.428. The molecule has 2 N–H and O–H groups in total. The lowest BCUT2D eigenvalue weighted by Crippen LogP contribution is -2.33. The Kier molecular flexibility index (Phi) is 6.67. The van der Waals surface area contributed by atoms with Crippen molar-refractivity contribution in [3.05, 3.63) is 47.0 Å². The summed E-state index contributed by atoms with van der Waals surface area (Å²) >= 11 is 0. The zero-order valence-electron chi connectivity index (χ0n) is 19.9. The van der Waals surface area contributed by atoms with Gasteiger partial charge >= 0.3 is 0 Å². The number of benzene rings is 1. The minimum Gasteiger partial charge on any atom is -0.437 e. The zero-order chi connectivity index (χ0) is 25.5. The number of fused-ring (bicyclic) bond motifs is 1. The van der Waals surface area contributed by atoms with Crippen LogP contribution >= 0.6 is 0 Å². The molecule has 1 saturated carbocycles. The summed E-state index contributed by atoms with van der Waals surface area (Å²) in [7, 11) is -7.03. The predicted octanol–water partition coefficient (Wildman–Crippen LogP) is 3.06. The first-order chi connectivity index (χ1) is 16.3. The molecule has 11 heteroatoms. The SMILES string of the molecule is Cc1ccc(-c2oc3nc(N(CCCS(C)(=O)=O)S(C)(=O)=O)c(CC4CC4)cc3c2C(N)=O)cc1. The lowest BCUT2D eigenvalue weighted by atomic mass is 10.0. The summed E-state index contributed by atoms with van der Waals surface area (Å²) in [5.41, 5.74) is 8.38. The van der Waals surface area contributed by atoms with Crippen LogP contribution in [0.25, 0.3) is 22.4 Å². The Labute approximate surface area is 205 Å². The van der Waals surface area contributed by atoms with Crippen molar-refractivity contribution in [1.82, 2.24) is 4.98 Å². The number of furan rings is 1. The second-order valence-electron chi connectivity index (χ2n) is 9.33. The van der Waals surface area contributed by atoms with E-state index in [9.17, 15) is 21.6 Å². The van der Waals surface area contributed by atoms with E-state index in [0.717, 1.165) is 35.2 Å². The van der Waals surface area contributed by atoms with Crippen LogP contribution in [0.5, 0.6) is 0 Å². The molecular weight excluding hydrogens is 490 g/mol. The lowest BCUT2D eigenvalue weighted by molar-refractivity contribution is 0.100. The maximum absolute atomic E-state index is 12.7. The van der Waals surface area contributed by atoms with Crippen LogP contribution in [-0.2, 0) is 26.3 Å². The van der Waals surface area contributed by atoms with Gasteiger partial charge in [-0.1, -0.05) is 29.8 Å². The van der Waals surface area contributed by atoms with Crippen LogP contribution in [0.1, 0.15) is 40.7 Å². The van der Waals surface area contributed by atoms with E-state index in [4.69, 9.17) is 10.2 Å². The number of nitrogens with two attached hydrogens (primary N) is 1. The summed E-state index contributed by atoms with van der Waals surface area (Å²) in [4.78, 5) is 17.0. The zero-order valence-corrected chi connectivity index (χ0v) is 21.6. The number of primary amides is 1. The Morgan fingerprint density at radius 1 is 1.14 bits per heavy atom. The van der Waals surface area contributed by atoms with E-state index < -0.39 is 25.8 Å². The van der Waals surface area contributed by atoms with Crippen molar-refractivity contribution < 1.29 is 26.0 Å². The van der Waals surface area contributed by atoms with Gasteiger partial charge < -0.3 is 10.2 Å². The third kappa shape index (κ3) is 5.84. The van der Waals surface area contributed by atoms with Crippen molar-refractivity contribution in [3.63, 3.8) is 0 Å². The predicted molar refractivity (Wildman–Crippen MR) is 136 cm³/mol. The highest BCUT2D eigenvalue weighted by atomic mass is 32.2. The van der Waals surface area contributed by atoms with Crippen LogP contribution in [0.2, 0.25) is 0 Å². The Hall–Kier alpha value is -2.92. The summed E-state index contributed by atoms with van der Waals surface area (Å²) in [6.07, 6.45) is 4.92. The van der Waals surface area contributed by atoms with E-state index in [1.807, 2.05) is 31.2 Å². The number of aromatic nitrogens is 1. The highest BCUT2D eigenvalue weighted by molar-refractivity contribution is 7.92. The number of anilines is 1. The highest BCUT2D eigenvalue weighted by Gasteiger charge is 2.30. The van der Waals surface area contributed by atoms with Crippen molar-refractivity contribution in [2.45, 2.75) is 32.6 Å². The number of sulfone groups is 1. The van der Waals surface area contributed by atoms with Crippen molar-refractivity contribution in [1.29, 1.82) is 0 Å². The van der Waals surface area contributed by atoms with Gasteiger partial charge in [-0.05, 0) is 50.2 Å². The van der Waals surface area contributed by atoms with E-state index in [1.54, 1.807) is 6.07 Å². The fraction of sp³-hybridized carbons (Fsp3) is 0.417. The molecule has 0 radical (unpaired) electrons. The molecule has 188 valence electrons. The van der Waals surface area contributed by atoms with Crippen molar-refractivity contribution in [3.8, 4) is 11.3 Å². The molecule has 0 saturated heterocycles. The van der Waals surface area contributed by atoms with Crippen molar-refractivity contribution in [2.24, 2.45) is 11.7 Å². The number of carbonyl (C=O) groups is 1. The fourth-order valence-electron chi connectivity index (χ4n) is 4.11. The molecule has 2 aromatic heterocycles. The molecule has 9 nitrogen and oxygen atoms in total. The average Bonchev–Trinajstić information content (AvgIpc) is 3.47. The molecular formula is C24H29N3O6S2. The fourth-order valence-corrected chi connectivity index (χ4v) is 5.69. The first-order valence-corrected chi connectivity index (χ1v) is 15.2. The molecule has 0 unspecified atom stereocenters. The van der Waals surface area contributed by atoms with Crippen LogP contribution in [-0.4, -0.2) is 52.5 Å². The standard InChI is InChI=1S/C24H29N3O6S2/c1-15-5-9-17(10-6-15)21-20(22(25)28)19-14-18(13-16-7-8-16)23(26-24(19)33-21)27(35(3,31)32)11-4-12-34(2,29)30/h5-6,9-10,14,16H,4,7-8,11-13H2,1-3H3,(H2,25,28). The summed E-state index contributed by atoms with van der Waals surface area (Å²) in [6, 6.07) is 9.15. The molecule has 4 rings (SSSR count). The monoisotopic (exact) mass is 519 g/mol. The van der Waals surface area contributed by atoms with E-state index in [1.165, 1.54) is 0 Å². The Balaban J connectivity index is 1.88. The number of rotatable bonds is 10. The number of pyridine rings is 1. The van der Waals surface area contributed by atoms with Gasteiger partial charge in [-0.2, -0.15) is 4.98 Å². The maximum Gasteiger partial charge on any atom is 0.253 e. The molecule has 0 atom stereocenters. The molecule has 1 aliphatic carbocycles.